The van der Waals surface area contributed by atoms with Crippen LogP contribution in [0, 0.1) is 20.8 Å². The minimum atomic E-state index is -0.820. The minimum Gasteiger partial charge on any atom is -0.493 e. The molecule has 4 amide bonds. The van der Waals surface area contributed by atoms with Crippen molar-refractivity contribution < 1.29 is 23.9 Å². The van der Waals surface area contributed by atoms with Gasteiger partial charge in [0, 0.05) is 4.47 Å². The van der Waals surface area contributed by atoms with Crippen molar-refractivity contribution in [2.45, 2.75) is 27.4 Å². The van der Waals surface area contributed by atoms with Gasteiger partial charge in [0.05, 0.1) is 17.8 Å². The van der Waals surface area contributed by atoms with E-state index in [1.807, 2.05) is 32.9 Å². The van der Waals surface area contributed by atoms with Gasteiger partial charge < -0.3 is 9.47 Å². The van der Waals surface area contributed by atoms with Crippen LogP contribution in [0.15, 0.2) is 58.6 Å². The second-order valence-corrected chi connectivity index (χ2v) is 9.97. The fraction of sp³-hybridized carbons (Fsp3) is 0.179. The molecule has 1 N–H and O–H groups in total. The van der Waals surface area contributed by atoms with E-state index in [2.05, 4.69) is 27.3 Å². The molecule has 0 unspecified atom stereocenters. The normalized spacial score (nSPS) is 14.7. The van der Waals surface area contributed by atoms with Gasteiger partial charge in [-0.1, -0.05) is 56.9 Å². The number of carbonyl (C=O) groups excluding carboxylic acids is 3. The van der Waals surface area contributed by atoms with Gasteiger partial charge in [0.15, 0.2) is 11.5 Å². The monoisotopic (exact) mass is 582 g/mol. The summed E-state index contributed by atoms with van der Waals surface area (Å²) in [5.74, 6) is -0.873. The Morgan fingerprint density at radius 2 is 1.70 bits per heavy atom. The van der Waals surface area contributed by atoms with Gasteiger partial charge in [0.25, 0.3) is 11.8 Å². The number of hydrogen-bond acceptors (Lipinski definition) is 5. The van der Waals surface area contributed by atoms with E-state index in [1.54, 1.807) is 30.3 Å². The number of barbiturate groups is 1. The molecule has 1 heterocycles. The van der Waals surface area contributed by atoms with Gasteiger partial charge in [-0.15, -0.1) is 0 Å². The Morgan fingerprint density at radius 1 is 1.00 bits per heavy atom. The van der Waals surface area contributed by atoms with Gasteiger partial charge >= 0.3 is 6.03 Å². The van der Waals surface area contributed by atoms with Crippen molar-refractivity contribution in [3.05, 3.63) is 91.4 Å². The maximum Gasteiger partial charge on any atom is 0.335 e. The molecule has 7 nitrogen and oxygen atoms in total. The zero-order valence-electron chi connectivity index (χ0n) is 20.6. The lowest BCUT2D eigenvalue weighted by molar-refractivity contribution is -0.122. The van der Waals surface area contributed by atoms with E-state index in [1.165, 1.54) is 13.2 Å². The highest BCUT2D eigenvalue weighted by Gasteiger charge is 2.37. The molecule has 1 saturated heterocycles. The number of benzene rings is 3. The van der Waals surface area contributed by atoms with Crippen molar-refractivity contribution >= 4 is 57.1 Å². The summed E-state index contributed by atoms with van der Waals surface area (Å²) in [7, 11) is 1.47. The van der Waals surface area contributed by atoms with Crippen LogP contribution < -0.4 is 19.7 Å². The van der Waals surface area contributed by atoms with Crippen LogP contribution in [0.4, 0.5) is 10.5 Å². The van der Waals surface area contributed by atoms with E-state index in [-0.39, 0.29) is 17.2 Å². The van der Waals surface area contributed by atoms with Crippen molar-refractivity contribution in [1.29, 1.82) is 0 Å². The lowest BCUT2D eigenvalue weighted by Gasteiger charge is -2.26. The van der Waals surface area contributed by atoms with Crippen molar-refractivity contribution in [3.8, 4) is 11.5 Å². The predicted molar refractivity (Wildman–Crippen MR) is 146 cm³/mol. The van der Waals surface area contributed by atoms with Gasteiger partial charge in [-0.2, -0.15) is 0 Å². The van der Waals surface area contributed by atoms with Crippen LogP contribution in [-0.2, 0) is 16.2 Å². The summed E-state index contributed by atoms with van der Waals surface area (Å²) in [6.45, 7) is 6.15. The van der Waals surface area contributed by atoms with Gasteiger partial charge in [-0.25, -0.2) is 9.69 Å². The molecule has 0 aliphatic carbocycles. The average molecular weight is 584 g/mol. The first-order chi connectivity index (χ1) is 17.6. The van der Waals surface area contributed by atoms with Gasteiger partial charge in [-0.05, 0) is 73.9 Å². The lowest BCUT2D eigenvalue weighted by Crippen LogP contribution is -2.54. The van der Waals surface area contributed by atoms with Gasteiger partial charge in [0.2, 0.25) is 0 Å². The number of amides is 4. The molecule has 3 aromatic rings. The van der Waals surface area contributed by atoms with Crippen LogP contribution in [0.3, 0.4) is 0 Å². The molecule has 0 saturated carbocycles. The van der Waals surface area contributed by atoms with Crippen LogP contribution in [0.1, 0.15) is 27.8 Å². The molecule has 4 rings (SSSR count). The number of methoxy groups -OCH3 is 1. The molecule has 0 spiro atoms. The van der Waals surface area contributed by atoms with Crippen LogP contribution >= 0.6 is 27.5 Å². The molecule has 190 valence electrons. The number of anilines is 1. The van der Waals surface area contributed by atoms with Gasteiger partial charge in [0.1, 0.15) is 12.2 Å². The van der Waals surface area contributed by atoms with E-state index >= 15 is 0 Å². The van der Waals surface area contributed by atoms with E-state index in [9.17, 15) is 14.4 Å². The fourth-order valence-corrected chi connectivity index (χ4v) is 4.62. The first kappa shape index (κ1) is 26.4. The van der Waals surface area contributed by atoms with Crippen LogP contribution in [0.5, 0.6) is 11.5 Å². The molecule has 1 aliphatic heterocycles. The van der Waals surface area contributed by atoms with E-state index in [0.717, 1.165) is 31.6 Å². The number of ether oxygens (including phenoxy) is 2. The molecule has 0 radical (unpaired) electrons. The summed E-state index contributed by atoms with van der Waals surface area (Å²) in [4.78, 5) is 39.3. The third-order valence-corrected chi connectivity index (χ3v) is 6.90. The summed E-state index contributed by atoms with van der Waals surface area (Å²) in [6, 6.07) is 13.5. The summed E-state index contributed by atoms with van der Waals surface area (Å²) < 4.78 is 12.3. The third kappa shape index (κ3) is 5.70. The van der Waals surface area contributed by atoms with Crippen LogP contribution in [0.25, 0.3) is 6.08 Å². The molecule has 0 aromatic heterocycles. The topological polar surface area (TPSA) is 84.9 Å². The Hall–Kier alpha value is -3.62. The van der Waals surface area contributed by atoms with E-state index in [4.69, 9.17) is 21.1 Å². The molecular weight excluding hydrogens is 560 g/mol. The number of nitrogens with one attached hydrogen (secondary N) is 1. The summed E-state index contributed by atoms with van der Waals surface area (Å²) >= 11 is 9.93. The fourth-order valence-electron chi connectivity index (χ4n) is 4.10. The molecular formula is C28H24BrClN2O5. The zero-order chi connectivity index (χ0) is 26.9. The summed E-state index contributed by atoms with van der Waals surface area (Å²) in [6.07, 6.45) is 1.37. The highest BCUT2D eigenvalue weighted by molar-refractivity contribution is 9.10. The molecule has 37 heavy (non-hydrogen) atoms. The molecule has 0 bridgehead atoms. The van der Waals surface area contributed by atoms with E-state index < -0.39 is 17.8 Å². The Morgan fingerprint density at radius 3 is 2.35 bits per heavy atom. The molecule has 0 atom stereocenters. The second kappa shape index (κ2) is 10.8. The van der Waals surface area contributed by atoms with Crippen molar-refractivity contribution in [3.63, 3.8) is 0 Å². The lowest BCUT2D eigenvalue weighted by atomic mass is 10.1. The minimum absolute atomic E-state index is 0.220. The zero-order valence-corrected chi connectivity index (χ0v) is 23.0. The summed E-state index contributed by atoms with van der Waals surface area (Å²) in [5.41, 5.74) is 4.61. The highest BCUT2D eigenvalue weighted by atomic mass is 79.9. The number of nitrogens with zero attached hydrogens (tertiary/aromatic N) is 1. The molecule has 1 aliphatic rings. The number of halogens is 2. The Labute approximate surface area is 228 Å². The number of urea groups is 1. The maximum absolute atomic E-state index is 13.2. The summed E-state index contributed by atoms with van der Waals surface area (Å²) in [5, 5.41) is 2.47. The predicted octanol–water partition coefficient (Wildman–Crippen LogP) is 6.28. The van der Waals surface area contributed by atoms with Crippen molar-refractivity contribution in [1.82, 2.24) is 5.32 Å². The highest BCUT2D eigenvalue weighted by Crippen LogP contribution is 2.38. The Kier molecular flexibility index (Phi) is 7.71. The standard InChI is InChI=1S/C28H24BrClN2O5/c1-15-7-16(2)9-19(8-15)14-37-25-23(30)12-18(13-24(25)36-4)11-21-26(33)31-28(35)32(27(21)34)20-5-6-22(29)17(3)10-20/h5-13H,14H2,1-4H3,(H,31,33,35)/b21-11-. The molecule has 1 fully saturated rings. The average Bonchev–Trinajstić information content (AvgIpc) is 2.82. The van der Waals surface area contributed by atoms with Crippen molar-refractivity contribution in [2.75, 3.05) is 12.0 Å². The SMILES string of the molecule is COc1cc(/C=C2/C(=O)NC(=O)N(c3ccc(Br)c(C)c3)C2=O)cc(Cl)c1OCc1cc(C)cc(C)c1. The largest absolute Gasteiger partial charge is 0.493 e. The third-order valence-electron chi connectivity index (χ3n) is 5.73. The Balaban J connectivity index is 1.65. The number of carbonyl (C=O) groups is 3. The number of aryl methyl sites for hydroxylation is 3. The first-order valence-corrected chi connectivity index (χ1v) is 12.5. The molecule has 3 aromatic carbocycles. The van der Waals surface area contributed by atoms with Gasteiger partial charge in [-0.3, -0.25) is 14.9 Å². The number of imide groups is 2. The van der Waals surface area contributed by atoms with E-state index in [0.29, 0.717) is 22.7 Å². The number of hydrogen-bond donors (Lipinski definition) is 1. The second-order valence-electron chi connectivity index (χ2n) is 8.71. The van der Waals surface area contributed by atoms with Crippen LogP contribution in [-0.4, -0.2) is 25.0 Å². The first-order valence-electron chi connectivity index (χ1n) is 11.3. The molecule has 9 heteroatoms. The van der Waals surface area contributed by atoms with Crippen molar-refractivity contribution in [2.24, 2.45) is 0 Å². The quantitative estimate of drug-likeness (QED) is 0.273. The number of rotatable bonds is 6. The smallest absolute Gasteiger partial charge is 0.335 e. The Bertz CT molecular complexity index is 1450. The maximum atomic E-state index is 13.2. The van der Waals surface area contributed by atoms with Crippen LogP contribution in [0.2, 0.25) is 5.02 Å².